The highest BCUT2D eigenvalue weighted by atomic mass is 19.2. The van der Waals surface area contributed by atoms with Crippen molar-refractivity contribution >= 4 is 19.3 Å². The van der Waals surface area contributed by atoms with Crippen LogP contribution in [0.3, 0.4) is 0 Å². The standard InChI is InChI=1S/C4H2F2O4.BH3O3/c5-1(3(7)8)2(6)4(9)10;2-1(3)4/h(H,7,8)(H,9,10);2-4H/b2-1-;. The van der Waals surface area contributed by atoms with E-state index < -0.39 is 30.9 Å². The fraction of sp³-hybridized carbons (Fsp3) is 0. The van der Waals surface area contributed by atoms with E-state index >= 15 is 0 Å². The zero-order valence-electron chi connectivity index (χ0n) is 6.39. The lowest BCUT2D eigenvalue weighted by Gasteiger charge is -1.87. The fourth-order valence-electron chi connectivity index (χ4n) is 0.188. The summed E-state index contributed by atoms with van der Waals surface area (Å²) < 4.78 is 23.4. The summed E-state index contributed by atoms with van der Waals surface area (Å²) in [5, 5.41) is 36.8. The fourth-order valence-corrected chi connectivity index (χ4v) is 0.188. The van der Waals surface area contributed by atoms with Crippen molar-refractivity contribution in [2.24, 2.45) is 0 Å². The summed E-state index contributed by atoms with van der Waals surface area (Å²) in [6.45, 7) is 0. The molecule has 14 heavy (non-hydrogen) atoms. The van der Waals surface area contributed by atoms with E-state index in [2.05, 4.69) is 0 Å². The van der Waals surface area contributed by atoms with Crippen LogP contribution in [-0.4, -0.2) is 44.5 Å². The lowest BCUT2D eigenvalue weighted by molar-refractivity contribution is -0.138. The molecule has 0 bridgehead atoms. The summed E-state index contributed by atoms with van der Waals surface area (Å²) >= 11 is 0. The van der Waals surface area contributed by atoms with Gasteiger partial charge in [-0.25, -0.2) is 9.59 Å². The third kappa shape index (κ3) is 8.58. The highest BCUT2D eigenvalue weighted by Gasteiger charge is 2.19. The predicted octanol–water partition coefficient (Wildman–Crippen LogP) is -1.75. The van der Waals surface area contributed by atoms with E-state index in [-0.39, 0.29) is 0 Å². The first-order valence-electron chi connectivity index (χ1n) is 2.76. The molecule has 0 aromatic rings. The van der Waals surface area contributed by atoms with Gasteiger partial charge in [0.25, 0.3) is 11.7 Å². The van der Waals surface area contributed by atoms with Crippen LogP contribution in [0, 0.1) is 0 Å². The molecule has 0 heterocycles. The van der Waals surface area contributed by atoms with Gasteiger partial charge in [-0.3, -0.25) is 0 Å². The molecule has 0 aromatic carbocycles. The molecule has 0 spiro atoms. The van der Waals surface area contributed by atoms with Gasteiger partial charge in [-0.1, -0.05) is 0 Å². The Balaban J connectivity index is 0. The van der Waals surface area contributed by atoms with Crippen molar-refractivity contribution in [3.8, 4) is 0 Å². The Labute approximate surface area is 75.7 Å². The highest BCUT2D eigenvalue weighted by Crippen LogP contribution is 2.07. The molecule has 0 rings (SSSR count). The Morgan fingerprint density at radius 2 is 1.00 bits per heavy atom. The molecular formula is C4H5BF2O7. The van der Waals surface area contributed by atoms with E-state index in [0.717, 1.165) is 0 Å². The van der Waals surface area contributed by atoms with Gasteiger partial charge in [-0.05, 0) is 0 Å². The lowest BCUT2D eigenvalue weighted by Crippen LogP contribution is -2.07. The van der Waals surface area contributed by atoms with Crippen LogP contribution in [-0.2, 0) is 9.59 Å². The Hall–Kier alpha value is -1.52. The number of carbonyl (C=O) groups is 2. The van der Waals surface area contributed by atoms with Crippen molar-refractivity contribution in [2.75, 3.05) is 0 Å². The normalized spacial score (nSPS) is 10.6. The molecule has 80 valence electrons. The molecule has 0 saturated heterocycles. The van der Waals surface area contributed by atoms with Gasteiger partial charge in [0.05, 0.1) is 0 Å². The lowest BCUT2D eigenvalue weighted by atomic mass is 10.3. The van der Waals surface area contributed by atoms with Crippen LogP contribution < -0.4 is 0 Å². The Morgan fingerprint density at radius 1 is 0.857 bits per heavy atom. The quantitative estimate of drug-likeness (QED) is 0.271. The summed E-state index contributed by atoms with van der Waals surface area (Å²) in [6.07, 6.45) is 0. The van der Waals surface area contributed by atoms with Crippen LogP contribution in [0.25, 0.3) is 0 Å². The van der Waals surface area contributed by atoms with Gasteiger partial charge in [0.1, 0.15) is 0 Å². The van der Waals surface area contributed by atoms with Crippen molar-refractivity contribution in [3.63, 3.8) is 0 Å². The van der Waals surface area contributed by atoms with E-state index in [1.165, 1.54) is 0 Å². The second kappa shape index (κ2) is 6.94. The molecule has 0 fully saturated rings. The number of carboxylic acid groups (broad SMARTS) is 2. The molecular weight excluding hydrogens is 209 g/mol. The number of hydrogen-bond donors (Lipinski definition) is 5. The summed E-state index contributed by atoms with van der Waals surface area (Å²) in [6, 6.07) is 0. The predicted molar refractivity (Wildman–Crippen MR) is 36.9 cm³/mol. The minimum Gasteiger partial charge on any atom is -0.476 e. The molecule has 5 N–H and O–H groups in total. The van der Waals surface area contributed by atoms with Gasteiger partial charge in [0.2, 0.25) is 0 Å². The Morgan fingerprint density at radius 3 is 1.07 bits per heavy atom. The van der Waals surface area contributed by atoms with Gasteiger partial charge < -0.3 is 25.3 Å². The average Bonchev–Trinajstić information content (AvgIpc) is 2.00. The first-order chi connectivity index (χ1) is 6.20. The monoisotopic (exact) mass is 214 g/mol. The third-order valence-corrected chi connectivity index (χ3v) is 0.568. The molecule has 0 atom stereocenters. The highest BCUT2D eigenvalue weighted by molar-refractivity contribution is 6.30. The van der Waals surface area contributed by atoms with Crippen molar-refractivity contribution in [1.82, 2.24) is 0 Å². The Bertz CT molecular complexity index is 225. The number of aliphatic carboxylic acids is 2. The van der Waals surface area contributed by atoms with E-state index in [4.69, 9.17) is 25.3 Å². The van der Waals surface area contributed by atoms with Gasteiger partial charge in [0.15, 0.2) is 0 Å². The molecule has 0 saturated carbocycles. The molecule has 0 amide bonds. The SMILES string of the molecule is O=C(O)/C(F)=C(/F)C(=O)O.OB(O)O. The van der Waals surface area contributed by atoms with Crippen LogP contribution >= 0.6 is 0 Å². The van der Waals surface area contributed by atoms with Crippen LogP contribution in [0.4, 0.5) is 8.78 Å². The van der Waals surface area contributed by atoms with Gasteiger partial charge in [-0.15, -0.1) is 0 Å². The molecule has 0 aliphatic rings. The topological polar surface area (TPSA) is 135 Å². The van der Waals surface area contributed by atoms with Crippen molar-refractivity contribution in [1.29, 1.82) is 0 Å². The van der Waals surface area contributed by atoms with Crippen molar-refractivity contribution in [3.05, 3.63) is 11.7 Å². The maximum absolute atomic E-state index is 11.7. The molecule has 0 aromatic heterocycles. The Kier molecular flexibility index (Phi) is 7.43. The van der Waals surface area contributed by atoms with Crippen LogP contribution in [0.2, 0.25) is 0 Å². The summed E-state index contributed by atoms with van der Waals surface area (Å²) in [4.78, 5) is 19.0. The van der Waals surface area contributed by atoms with Gasteiger partial charge in [-0.2, -0.15) is 8.78 Å². The van der Waals surface area contributed by atoms with Crippen LogP contribution in [0.15, 0.2) is 11.7 Å². The van der Waals surface area contributed by atoms with E-state index in [1.54, 1.807) is 0 Å². The van der Waals surface area contributed by atoms with Crippen LogP contribution in [0.5, 0.6) is 0 Å². The summed E-state index contributed by atoms with van der Waals surface area (Å²) in [7, 11) is -2.17. The number of hydrogen-bond acceptors (Lipinski definition) is 5. The smallest absolute Gasteiger partial charge is 0.476 e. The minimum absolute atomic E-state index is 2.17. The van der Waals surface area contributed by atoms with E-state index in [0.29, 0.717) is 0 Å². The summed E-state index contributed by atoms with van der Waals surface area (Å²) in [5.41, 5.74) is 0. The number of halogens is 2. The molecule has 0 unspecified atom stereocenters. The minimum atomic E-state index is -2.30. The molecule has 10 heteroatoms. The van der Waals surface area contributed by atoms with E-state index in [9.17, 15) is 18.4 Å². The third-order valence-electron chi connectivity index (χ3n) is 0.568. The maximum atomic E-state index is 11.7. The second-order valence-electron chi connectivity index (χ2n) is 1.58. The average molecular weight is 214 g/mol. The second-order valence-corrected chi connectivity index (χ2v) is 1.58. The van der Waals surface area contributed by atoms with E-state index in [1.807, 2.05) is 0 Å². The van der Waals surface area contributed by atoms with Gasteiger partial charge >= 0.3 is 19.3 Å². The van der Waals surface area contributed by atoms with Gasteiger partial charge in [0, 0.05) is 0 Å². The largest absolute Gasteiger partial charge is 0.631 e. The zero-order valence-corrected chi connectivity index (χ0v) is 6.39. The number of carboxylic acids is 2. The van der Waals surface area contributed by atoms with Crippen molar-refractivity contribution < 1.29 is 43.7 Å². The molecule has 0 aliphatic heterocycles. The molecule has 0 radical (unpaired) electrons. The zero-order chi connectivity index (χ0) is 11.9. The van der Waals surface area contributed by atoms with Crippen molar-refractivity contribution in [2.45, 2.75) is 0 Å². The van der Waals surface area contributed by atoms with Crippen LogP contribution in [0.1, 0.15) is 0 Å². The maximum Gasteiger partial charge on any atom is 0.631 e. The first-order valence-corrected chi connectivity index (χ1v) is 2.76. The molecule has 0 aliphatic carbocycles. The number of rotatable bonds is 2. The molecule has 7 nitrogen and oxygen atoms in total. The first kappa shape index (κ1) is 15.0. The summed E-state index contributed by atoms with van der Waals surface area (Å²) in [5.74, 6) is -9.07.